The van der Waals surface area contributed by atoms with E-state index in [1.54, 1.807) is 0 Å². The fourth-order valence-corrected chi connectivity index (χ4v) is 2.57. The molecule has 20 heavy (non-hydrogen) atoms. The summed E-state index contributed by atoms with van der Waals surface area (Å²) in [4.78, 5) is 24.8. The van der Waals surface area contributed by atoms with E-state index in [-0.39, 0.29) is 24.3 Å². The van der Waals surface area contributed by atoms with Crippen LogP contribution in [0, 0.1) is 11.8 Å². The predicted octanol–water partition coefficient (Wildman–Crippen LogP) is 0.955. The van der Waals surface area contributed by atoms with E-state index < -0.39 is 5.97 Å². The zero-order valence-electron chi connectivity index (χ0n) is 11.6. The number of carboxylic acid groups (broad SMARTS) is 1. The lowest BCUT2D eigenvalue weighted by molar-refractivity contribution is -0.142. The van der Waals surface area contributed by atoms with Gasteiger partial charge in [-0.3, -0.25) is 14.5 Å². The Balaban J connectivity index is 1.77. The van der Waals surface area contributed by atoms with Crippen molar-refractivity contribution in [3.8, 4) is 0 Å². The van der Waals surface area contributed by atoms with Gasteiger partial charge in [-0.25, -0.2) is 0 Å². The Morgan fingerprint density at radius 3 is 2.60 bits per heavy atom. The van der Waals surface area contributed by atoms with Crippen LogP contribution >= 0.6 is 0 Å². The Hall–Kier alpha value is -1.88. The van der Waals surface area contributed by atoms with E-state index in [0.717, 1.165) is 5.56 Å². The average Bonchev–Trinajstić information content (AvgIpc) is 2.78. The second kappa shape index (κ2) is 6.52. The average molecular weight is 276 g/mol. The van der Waals surface area contributed by atoms with Gasteiger partial charge in [-0.05, 0) is 11.5 Å². The normalized spacial score (nSPS) is 22.6. The number of aliphatic carboxylic acids is 1. The van der Waals surface area contributed by atoms with Gasteiger partial charge in [-0.1, -0.05) is 37.3 Å². The summed E-state index contributed by atoms with van der Waals surface area (Å²) in [5.41, 5.74) is 1.05. The fourth-order valence-electron chi connectivity index (χ4n) is 2.57. The number of benzene rings is 1. The Labute approximate surface area is 118 Å². The van der Waals surface area contributed by atoms with Crippen molar-refractivity contribution in [2.75, 3.05) is 19.6 Å². The van der Waals surface area contributed by atoms with Crippen LogP contribution in [0.5, 0.6) is 0 Å². The number of rotatable bonds is 5. The third kappa shape index (κ3) is 3.81. The summed E-state index contributed by atoms with van der Waals surface area (Å²) in [6.45, 7) is 3.80. The van der Waals surface area contributed by atoms with Crippen molar-refractivity contribution in [1.82, 2.24) is 10.2 Å². The van der Waals surface area contributed by atoms with Crippen molar-refractivity contribution in [3.05, 3.63) is 35.9 Å². The van der Waals surface area contributed by atoms with Crippen LogP contribution in [0.2, 0.25) is 0 Å². The Kier molecular flexibility index (Phi) is 4.74. The van der Waals surface area contributed by atoms with Crippen LogP contribution in [0.25, 0.3) is 0 Å². The predicted molar refractivity (Wildman–Crippen MR) is 75.0 cm³/mol. The quantitative estimate of drug-likeness (QED) is 0.840. The first-order chi connectivity index (χ1) is 9.56. The molecule has 0 aliphatic carbocycles. The van der Waals surface area contributed by atoms with Crippen LogP contribution in [0.4, 0.5) is 0 Å². The molecule has 1 fully saturated rings. The maximum atomic E-state index is 11.9. The van der Waals surface area contributed by atoms with Gasteiger partial charge in [-0.2, -0.15) is 0 Å². The number of nitrogens with one attached hydrogen (secondary N) is 1. The molecule has 2 N–H and O–H groups in total. The molecule has 1 amide bonds. The molecule has 108 valence electrons. The molecule has 1 heterocycles. The molecule has 1 saturated heterocycles. The number of carboxylic acids is 1. The second-order valence-electron chi connectivity index (χ2n) is 5.38. The van der Waals surface area contributed by atoms with E-state index in [0.29, 0.717) is 19.6 Å². The van der Waals surface area contributed by atoms with Gasteiger partial charge in [0.05, 0.1) is 12.5 Å². The molecule has 5 nitrogen and oxygen atoms in total. The van der Waals surface area contributed by atoms with Crippen LogP contribution in [-0.2, 0) is 16.1 Å². The van der Waals surface area contributed by atoms with E-state index in [4.69, 9.17) is 5.11 Å². The maximum Gasteiger partial charge on any atom is 0.308 e. The number of hydrogen-bond donors (Lipinski definition) is 2. The fraction of sp³-hybridized carbons (Fsp3) is 0.467. The molecule has 0 aromatic heterocycles. The van der Waals surface area contributed by atoms with Crippen LogP contribution in [-0.4, -0.2) is 41.5 Å². The van der Waals surface area contributed by atoms with E-state index >= 15 is 0 Å². The molecule has 1 aromatic rings. The van der Waals surface area contributed by atoms with Gasteiger partial charge < -0.3 is 10.4 Å². The standard InChI is InChI=1S/C15H20N2O3/c1-11-8-17(9-13(11)15(19)20)10-14(18)16-7-12-5-3-2-4-6-12/h2-6,11,13H,7-10H2,1H3,(H,16,18)(H,19,20). The van der Waals surface area contributed by atoms with Crippen LogP contribution in [0.15, 0.2) is 30.3 Å². The molecule has 0 bridgehead atoms. The summed E-state index contributed by atoms with van der Waals surface area (Å²) >= 11 is 0. The molecule has 0 saturated carbocycles. The first kappa shape index (κ1) is 14.5. The van der Waals surface area contributed by atoms with Gasteiger partial charge in [0, 0.05) is 19.6 Å². The highest BCUT2D eigenvalue weighted by Crippen LogP contribution is 2.22. The third-order valence-corrected chi connectivity index (χ3v) is 3.70. The van der Waals surface area contributed by atoms with Crippen molar-refractivity contribution in [1.29, 1.82) is 0 Å². The van der Waals surface area contributed by atoms with E-state index in [2.05, 4.69) is 5.32 Å². The highest BCUT2D eigenvalue weighted by molar-refractivity contribution is 5.78. The van der Waals surface area contributed by atoms with E-state index in [1.807, 2.05) is 42.2 Å². The first-order valence-electron chi connectivity index (χ1n) is 6.82. The van der Waals surface area contributed by atoms with Gasteiger partial charge in [0.2, 0.25) is 5.91 Å². The van der Waals surface area contributed by atoms with Crippen molar-refractivity contribution >= 4 is 11.9 Å². The number of amides is 1. The highest BCUT2D eigenvalue weighted by atomic mass is 16.4. The minimum absolute atomic E-state index is 0.0629. The monoisotopic (exact) mass is 276 g/mol. The summed E-state index contributed by atoms with van der Waals surface area (Å²) in [5, 5.41) is 11.9. The Morgan fingerprint density at radius 1 is 1.30 bits per heavy atom. The van der Waals surface area contributed by atoms with Crippen molar-refractivity contribution in [3.63, 3.8) is 0 Å². The summed E-state index contributed by atoms with van der Waals surface area (Å²) in [7, 11) is 0. The molecule has 2 atom stereocenters. The smallest absolute Gasteiger partial charge is 0.308 e. The zero-order valence-corrected chi connectivity index (χ0v) is 11.6. The van der Waals surface area contributed by atoms with Gasteiger partial charge in [-0.15, -0.1) is 0 Å². The maximum absolute atomic E-state index is 11.9. The summed E-state index contributed by atoms with van der Waals surface area (Å²) in [5.74, 6) is -1.11. The largest absolute Gasteiger partial charge is 0.481 e. The SMILES string of the molecule is CC1CN(CC(=O)NCc2ccccc2)CC1C(=O)O. The lowest BCUT2D eigenvalue weighted by Crippen LogP contribution is -2.36. The summed E-state index contributed by atoms with van der Waals surface area (Å²) < 4.78 is 0. The van der Waals surface area contributed by atoms with Gasteiger partial charge in [0.1, 0.15) is 0 Å². The van der Waals surface area contributed by atoms with Gasteiger partial charge >= 0.3 is 5.97 Å². The molecule has 1 aromatic carbocycles. The second-order valence-corrected chi connectivity index (χ2v) is 5.38. The molecule has 5 heteroatoms. The summed E-state index contributed by atoms with van der Waals surface area (Å²) in [6, 6.07) is 9.71. The molecule has 1 aliphatic rings. The van der Waals surface area contributed by atoms with Crippen molar-refractivity contribution in [2.45, 2.75) is 13.5 Å². The molecular formula is C15H20N2O3. The number of likely N-dealkylation sites (tertiary alicyclic amines) is 1. The Bertz CT molecular complexity index is 475. The zero-order chi connectivity index (χ0) is 14.5. The number of nitrogens with zero attached hydrogens (tertiary/aromatic N) is 1. The Morgan fingerprint density at radius 2 is 2.00 bits per heavy atom. The molecule has 0 spiro atoms. The van der Waals surface area contributed by atoms with Crippen LogP contribution in [0.1, 0.15) is 12.5 Å². The van der Waals surface area contributed by atoms with E-state index in [1.165, 1.54) is 0 Å². The molecule has 0 radical (unpaired) electrons. The first-order valence-corrected chi connectivity index (χ1v) is 6.82. The minimum Gasteiger partial charge on any atom is -0.481 e. The number of carbonyl (C=O) groups is 2. The van der Waals surface area contributed by atoms with Crippen molar-refractivity contribution < 1.29 is 14.7 Å². The molecule has 1 aliphatic heterocycles. The van der Waals surface area contributed by atoms with Gasteiger partial charge in [0.15, 0.2) is 0 Å². The number of carbonyl (C=O) groups excluding carboxylic acids is 1. The van der Waals surface area contributed by atoms with Gasteiger partial charge in [0.25, 0.3) is 0 Å². The number of hydrogen-bond acceptors (Lipinski definition) is 3. The van der Waals surface area contributed by atoms with Crippen LogP contribution < -0.4 is 5.32 Å². The topological polar surface area (TPSA) is 69.6 Å². The van der Waals surface area contributed by atoms with Crippen LogP contribution in [0.3, 0.4) is 0 Å². The van der Waals surface area contributed by atoms with Crippen molar-refractivity contribution in [2.24, 2.45) is 11.8 Å². The molecular weight excluding hydrogens is 256 g/mol. The lowest BCUT2D eigenvalue weighted by Gasteiger charge is -2.14. The third-order valence-electron chi connectivity index (χ3n) is 3.70. The van der Waals surface area contributed by atoms with E-state index in [9.17, 15) is 9.59 Å². The molecule has 2 rings (SSSR count). The summed E-state index contributed by atoms with van der Waals surface area (Å²) in [6.07, 6.45) is 0. The molecule has 2 unspecified atom stereocenters. The minimum atomic E-state index is -0.773. The lowest BCUT2D eigenvalue weighted by atomic mass is 9.99. The highest BCUT2D eigenvalue weighted by Gasteiger charge is 2.35.